The van der Waals surface area contributed by atoms with E-state index in [1.54, 1.807) is 0 Å². The Hall–Kier alpha value is -0.760. The zero-order valence-corrected chi connectivity index (χ0v) is 6.90. The lowest BCUT2D eigenvalue weighted by Crippen LogP contribution is -1.82. The maximum atomic E-state index is 4.31. The Morgan fingerprint density at radius 3 is 3.55 bits per heavy atom. The van der Waals surface area contributed by atoms with Crippen molar-refractivity contribution in [1.82, 2.24) is 4.99 Å². The Morgan fingerprint density at radius 2 is 2.55 bits per heavy atom. The van der Waals surface area contributed by atoms with Gasteiger partial charge < -0.3 is 0 Å². The molecule has 1 heterocycles. The van der Waals surface area contributed by atoms with Gasteiger partial charge in [-0.3, -0.25) is 0 Å². The van der Waals surface area contributed by atoms with Gasteiger partial charge in [-0.2, -0.15) is 0 Å². The van der Waals surface area contributed by atoms with Gasteiger partial charge in [0.15, 0.2) is 0 Å². The number of rotatable bonds is 0. The van der Waals surface area contributed by atoms with Gasteiger partial charge in [0.2, 0.25) is 6.21 Å². The van der Waals surface area contributed by atoms with Crippen LogP contribution in [0, 0.1) is 6.07 Å². The molecular weight excluding hydrogens is 154 g/mol. The third kappa shape index (κ3) is 1.46. The summed E-state index contributed by atoms with van der Waals surface area (Å²) < 4.78 is 0. The van der Waals surface area contributed by atoms with Crippen LogP contribution in [0.1, 0.15) is 6.42 Å². The van der Waals surface area contributed by atoms with Crippen molar-refractivity contribution in [2.24, 2.45) is 0 Å². The smallest absolute Gasteiger partial charge is 0.119 e. The molecule has 0 saturated carbocycles. The molecule has 1 aromatic rings. The topological polar surface area (TPSA) is 14.1 Å². The SMILES string of the molecule is [c]1ccc2c(c1)[N+]=CCCS2. The standard InChI is InChI=1S/C9H8NS/c1-2-5-9-8(4-1)10-6-3-7-11-9/h2,4-6H,3,7H2/q+1. The Balaban J connectivity index is 2.45. The Kier molecular flexibility index (Phi) is 1.95. The van der Waals surface area contributed by atoms with Crippen molar-refractivity contribution < 1.29 is 0 Å². The first-order valence-corrected chi connectivity index (χ1v) is 4.61. The fraction of sp³-hybridized carbons (Fsp3) is 0.222. The van der Waals surface area contributed by atoms with Crippen molar-refractivity contribution in [2.75, 3.05) is 5.75 Å². The molecule has 0 fully saturated rings. The molecule has 0 unspecified atom stereocenters. The quantitative estimate of drug-likeness (QED) is 0.569. The summed E-state index contributed by atoms with van der Waals surface area (Å²) in [5.74, 6) is 1.14. The van der Waals surface area contributed by atoms with Gasteiger partial charge in [0.25, 0.3) is 5.69 Å². The van der Waals surface area contributed by atoms with E-state index in [0.717, 1.165) is 17.9 Å². The molecule has 0 saturated heterocycles. The Bertz CT molecular complexity index is 281. The molecule has 0 N–H and O–H groups in total. The summed E-state index contributed by atoms with van der Waals surface area (Å²) in [4.78, 5) is 5.59. The number of benzene rings is 1. The van der Waals surface area contributed by atoms with E-state index in [2.05, 4.69) is 17.1 Å². The fourth-order valence-corrected chi connectivity index (χ4v) is 1.88. The van der Waals surface area contributed by atoms with Gasteiger partial charge >= 0.3 is 0 Å². The van der Waals surface area contributed by atoms with Crippen LogP contribution in [0.5, 0.6) is 0 Å². The van der Waals surface area contributed by atoms with Gasteiger partial charge in [-0.25, -0.2) is 0 Å². The number of nitrogens with zero attached hydrogens (tertiary/aromatic N) is 1. The molecule has 0 amide bonds. The van der Waals surface area contributed by atoms with E-state index < -0.39 is 0 Å². The summed E-state index contributed by atoms with van der Waals surface area (Å²) >= 11 is 1.86. The van der Waals surface area contributed by atoms with Gasteiger partial charge in [-0.1, -0.05) is 6.07 Å². The third-order valence-corrected chi connectivity index (χ3v) is 2.63. The van der Waals surface area contributed by atoms with Gasteiger partial charge in [0, 0.05) is 18.2 Å². The molecule has 0 spiro atoms. The summed E-state index contributed by atoms with van der Waals surface area (Å²) in [6.45, 7) is 0. The van der Waals surface area contributed by atoms with Crippen LogP contribution in [0.4, 0.5) is 5.69 Å². The predicted molar refractivity (Wildman–Crippen MR) is 48.5 cm³/mol. The minimum atomic E-state index is 1.06. The van der Waals surface area contributed by atoms with Crippen LogP contribution in [0.3, 0.4) is 0 Å². The molecule has 2 rings (SSSR count). The van der Waals surface area contributed by atoms with E-state index in [0.29, 0.717) is 0 Å². The molecule has 0 bridgehead atoms. The van der Waals surface area contributed by atoms with E-state index in [-0.39, 0.29) is 0 Å². The molecule has 1 aliphatic heterocycles. The zero-order chi connectivity index (χ0) is 7.52. The molecule has 1 nitrogen and oxygen atoms in total. The fourth-order valence-electron chi connectivity index (χ4n) is 1.01. The largest absolute Gasteiger partial charge is 0.290 e. The van der Waals surface area contributed by atoms with Crippen LogP contribution in [-0.4, -0.2) is 12.0 Å². The van der Waals surface area contributed by atoms with Crippen molar-refractivity contribution in [3.05, 3.63) is 24.3 Å². The summed E-state index contributed by atoms with van der Waals surface area (Å²) in [5, 5.41) is 0. The van der Waals surface area contributed by atoms with Crippen LogP contribution >= 0.6 is 11.8 Å². The van der Waals surface area contributed by atoms with Crippen LogP contribution in [0.2, 0.25) is 0 Å². The average Bonchev–Trinajstić information content (AvgIpc) is 2.28. The van der Waals surface area contributed by atoms with Crippen molar-refractivity contribution in [2.45, 2.75) is 11.3 Å². The number of aliphatic imine (C=N–C) groups is 1. The van der Waals surface area contributed by atoms with Crippen molar-refractivity contribution in [1.29, 1.82) is 0 Å². The lowest BCUT2D eigenvalue weighted by atomic mass is 10.3. The predicted octanol–water partition coefficient (Wildman–Crippen LogP) is 2.02. The van der Waals surface area contributed by atoms with Crippen LogP contribution in [-0.2, 0) is 0 Å². The van der Waals surface area contributed by atoms with Crippen molar-refractivity contribution in [3.63, 3.8) is 0 Å². The van der Waals surface area contributed by atoms with E-state index >= 15 is 0 Å². The van der Waals surface area contributed by atoms with E-state index in [1.807, 2.05) is 30.1 Å². The maximum Gasteiger partial charge on any atom is 0.290 e. The maximum absolute atomic E-state index is 4.31. The van der Waals surface area contributed by atoms with Gasteiger partial charge in [0.05, 0.1) is 9.89 Å². The molecular formula is C9H8NS+. The molecule has 0 aliphatic carbocycles. The van der Waals surface area contributed by atoms with Crippen LogP contribution in [0.15, 0.2) is 23.1 Å². The lowest BCUT2D eigenvalue weighted by Gasteiger charge is -1.92. The van der Waals surface area contributed by atoms with Gasteiger partial charge in [-0.15, -0.1) is 11.8 Å². The van der Waals surface area contributed by atoms with Crippen molar-refractivity contribution >= 4 is 23.7 Å². The number of thioether (sulfide) groups is 1. The van der Waals surface area contributed by atoms with Crippen LogP contribution < -0.4 is 4.99 Å². The minimum absolute atomic E-state index is 1.06. The first kappa shape index (κ1) is 6.92. The second-order valence-corrected chi connectivity index (χ2v) is 3.48. The van der Waals surface area contributed by atoms with E-state index in [1.165, 1.54) is 4.90 Å². The highest BCUT2D eigenvalue weighted by molar-refractivity contribution is 7.99. The Labute approximate surface area is 70.5 Å². The molecule has 0 atom stereocenters. The first-order valence-electron chi connectivity index (χ1n) is 3.62. The normalized spacial score (nSPS) is 15.6. The lowest BCUT2D eigenvalue weighted by molar-refractivity contribution is 1.27. The van der Waals surface area contributed by atoms with Gasteiger partial charge in [0.1, 0.15) is 0 Å². The monoisotopic (exact) mass is 162 g/mol. The molecule has 1 aromatic carbocycles. The van der Waals surface area contributed by atoms with E-state index in [9.17, 15) is 0 Å². The first-order chi connectivity index (χ1) is 5.47. The number of hydrogen-bond acceptors (Lipinski definition) is 2. The minimum Gasteiger partial charge on any atom is -0.119 e. The second-order valence-electron chi connectivity index (χ2n) is 2.34. The highest BCUT2D eigenvalue weighted by atomic mass is 32.2. The summed E-state index contributed by atoms with van der Waals surface area (Å²) in [6.07, 6.45) is 3.05. The summed E-state index contributed by atoms with van der Waals surface area (Å²) in [5.41, 5.74) is 1.06. The molecule has 11 heavy (non-hydrogen) atoms. The molecule has 2 radical (unpaired) electrons. The highest BCUT2D eigenvalue weighted by Crippen LogP contribution is 2.27. The van der Waals surface area contributed by atoms with Gasteiger partial charge in [-0.05, 0) is 12.1 Å². The summed E-state index contributed by atoms with van der Waals surface area (Å²) in [7, 11) is 0. The second kappa shape index (κ2) is 3.09. The number of hydrogen-bond donors (Lipinski definition) is 0. The molecule has 54 valence electrons. The highest BCUT2D eigenvalue weighted by Gasteiger charge is 2.12. The third-order valence-electron chi connectivity index (χ3n) is 1.54. The van der Waals surface area contributed by atoms with Crippen molar-refractivity contribution in [3.8, 4) is 0 Å². The summed E-state index contributed by atoms with van der Waals surface area (Å²) in [6, 6.07) is 8.97. The van der Waals surface area contributed by atoms with E-state index in [4.69, 9.17) is 0 Å². The van der Waals surface area contributed by atoms with Crippen LogP contribution in [0.25, 0.3) is 0 Å². The Morgan fingerprint density at radius 1 is 1.55 bits per heavy atom. The molecule has 1 aliphatic rings. The average molecular weight is 162 g/mol. The molecule has 2 heteroatoms. The molecule has 0 aromatic heterocycles. The number of fused-ring (bicyclic) bond motifs is 1. The zero-order valence-electron chi connectivity index (χ0n) is 6.08.